The molecule has 25 heavy (non-hydrogen) atoms. The number of hydrogen-bond acceptors (Lipinski definition) is 2. The Morgan fingerprint density at radius 1 is 0.640 bits per heavy atom. The van der Waals surface area contributed by atoms with Crippen LogP contribution in [0.3, 0.4) is 0 Å². The van der Waals surface area contributed by atoms with Gasteiger partial charge in [-0.15, -0.1) is 0 Å². The number of phenolic OH excluding ortho intramolecular Hbond substituents is 1. The van der Waals surface area contributed by atoms with E-state index in [9.17, 15) is 5.11 Å². The van der Waals surface area contributed by atoms with Crippen molar-refractivity contribution in [2.24, 2.45) is 0 Å². The molecule has 2 heteroatoms. The molecule has 0 atom stereocenters. The molecule has 1 saturated heterocycles. The maximum atomic E-state index is 10.8. The van der Waals surface area contributed by atoms with Crippen LogP contribution < -0.4 is 0 Å². The maximum Gasteiger partial charge on any atom is 0.121 e. The summed E-state index contributed by atoms with van der Waals surface area (Å²) in [6.45, 7) is 2.05. The Bertz CT molecular complexity index is 783. The molecule has 1 heterocycles. The van der Waals surface area contributed by atoms with Crippen LogP contribution in [0.15, 0.2) is 84.9 Å². The number of likely N-dealkylation sites (tertiary alicyclic amines) is 1. The molecule has 126 valence electrons. The smallest absolute Gasteiger partial charge is 0.121 e. The van der Waals surface area contributed by atoms with Crippen LogP contribution in [-0.4, -0.2) is 23.1 Å². The summed E-state index contributed by atoms with van der Waals surface area (Å²) in [5.41, 5.74) is 2.88. The van der Waals surface area contributed by atoms with Crippen molar-refractivity contribution < 1.29 is 5.11 Å². The Balaban J connectivity index is 2.07. The highest BCUT2D eigenvalue weighted by molar-refractivity contribution is 5.54. The summed E-state index contributed by atoms with van der Waals surface area (Å²) in [4.78, 5) is 2.52. The minimum atomic E-state index is -0.468. The Morgan fingerprint density at radius 2 is 1.12 bits per heavy atom. The van der Waals surface area contributed by atoms with Crippen molar-refractivity contribution >= 4 is 0 Å². The van der Waals surface area contributed by atoms with Gasteiger partial charge in [-0.2, -0.15) is 0 Å². The van der Waals surface area contributed by atoms with E-state index in [1.807, 2.05) is 24.3 Å². The maximum absolute atomic E-state index is 10.8. The van der Waals surface area contributed by atoms with Gasteiger partial charge in [0.25, 0.3) is 0 Å². The van der Waals surface area contributed by atoms with Gasteiger partial charge in [0.2, 0.25) is 0 Å². The predicted molar refractivity (Wildman–Crippen MR) is 102 cm³/mol. The molecule has 3 aromatic rings. The first-order valence-electron chi connectivity index (χ1n) is 8.98. The quantitative estimate of drug-likeness (QED) is 0.696. The van der Waals surface area contributed by atoms with E-state index in [1.54, 1.807) is 6.07 Å². The normalized spacial score (nSPS) is 15.4. The van der Waals surface area contributed by atoms with Crippen molar-refractivity contribution in [3.63, 3.8) is 0 Å². The van der Waals surface area contributed by atoms with Gasteiger partial charge in [0.1, 0.15) is 11.3 Å². The molecule has 0 radical (unpaired) electrons. The van der Waals surface area contributed by atoms with Crippen molar-refractivity contribution in [1.82, 2.24) is 4.90 Å². The lowest BCUT2D eigenvalue weighted by molar-refractivity contribution is 0.194. The second-order valence-electron chi connectivity index (χ2n) is 6.65. The summed E-state index contributed by atoms with van der Waals surface area (Å²) in [5.74, 6) is 0.349. The first-order valence-corrected chi connectivity index (χ1v) is 8.98. The van der Waals surface area contributed by atoms with Crippen molar-refractivity contribution in [2.75, 3.05) is 13.1 Å². The van der Waals surface area contributed by atoms with E-state index in [4.69, 9.17) is 0 Å². The second kappa shape index (κ2) is 6.73. The monoisotopic (exact) mass is 329 g/mol. The van der Waals surface area contributed by atoms with E-state index in [-0.39, 0.29) is 0 Å². The molecule has 1 aliphatic rings. The first-order chi connectivity index (χ1) is 12.3. The topological polar surface area (TPSA) is 23.5 Å². The van der Waals surface area contributed by atoms with Gasteiger partial charge in [-0.1, -0.05) is 78.9 Å². The van der Waals surface area contributed by atoms with Crippen LogP contribution in [-0.2, 0) is 5.54 Å². The molecule has 1 N–H and O–H groups in total. The van der Waals surface area contributed by atoms with Crippen LogP contribution in [0.2, 0.25) is 0 Å². The average molecular weight is 329 g/mol. The average Bonchev–Trinajstić information content (AvgIpc) is 3.21. The summed E-state index contributed by atoms with van der Waals surface area (Å²) in [7, 11) is 0. The standard InChI is InChI=1S/C23H23NO/c25-22-16-8-7-15-21(22)23(24-17-9-10-18-24,19-11-3-1-4-12-19)20-13-5-2-6-14-20/h1-8,11-16,25H,9-10,17-18H2. The predicted octanol–water partition coefficient (Wildman–Crippen LogP) is 4.78. The molecule has 1 aliphatic heterocycles. The van der Waals surface area contributed by atoms with Crippen molar-refractivity contribution in [3.05, 3.63) is 102 Å². The van der Waals surface area contributed by atoms with Gasteiger partial charge in [0, 0.05) is 5.56 Å². The molecule has 0 spiro atoms. The van der Waals surface area contributed by atoms with Gasteiger partial charge in [0.05, 0.1) is 0 Å². The largest absolute Gasteiger partial charge is 0.508 e. The van der Waals surface area contributed by atoms with Crippen LogP contribution >= 0.6 is 0 Å². The van der Waals surface area contributed by atoms with Gasteiger partial charge in [-0.25, -0.2) is 0 Å². The molecule has 4 rings (SSSR count). The van der Waals surface area contributed by atoms with E-state index in [0.29, 0.717) is 5.75 Å². The summed E-state index contributed by atoms with van der Waals surface area (Å²) in [5, 5.41) is 10.8. The Labute approximate surface area is 149 Å². The van der Waals surface area contributed by atoms with Gasteiger partial charge >= 0.3 is 0 Å². The molecular weight excluding hydrogens is 306 g/mol. The van der Waals surface area contributed by atoms with Gasteiger partial charge < -0.3 is 5.11 Å². The number of para-hydroxylation sites is 1. The molecular formula is C23H23NO. The molecule has 0 amide bonds. The van der Waals surface area contributed by atoms with E-state index in [0.717, 1.165) is 18.7 Å². The van der Waals surface area contributed by atoms with E-state index in [2.05, 4.69) is 59.5 Å². The fraction of sp³-hybridized carbons (Fsp3) is 0.217. The second-order valence-corrected chi connectivity index (χ2v) is 6.65. The van der Waals surface area contributed by atoms with Crippen LogP contribution in [0.4, 0.5) is 0 Å². The third-order valence-corrected chi connectivity index (χ3v) is 5.26. The minimum Gasteiger partial charge on any atom is -0.508 e. The third-order valence-electron chi connectivity index (χ3n) is 5.26. The molecule has 1 fully saturated rings. The zero-order chi connectivity index (χ0) is 17.1. The Hall–Kier alpha value is -2.58. The zero-order valence-corrected chi connectivity index (χ0v) is 14.3. The highest BCUT2D eigenvalue weighted by Gasteiger charge is 2.44. The van der Waals surface area contributed by atoms with Gasteiger partial charge in [-0.05, 0) is 43.1 Å². The fourth-order valence-electron chi connectivity index (χ4n) is 4.20. The Kier molecular flexibility index (Phi) is 4.29. The van der Waals surface area contributed by atoms with E-state index < -0.39 is 5.54 Å². The van der Waals surface area contributed by atoms with Gasteiger partial charge in [-0.3, -0.25) is 4.90 Å². The summed E-state index contributed by atoms with van der Waals surface area (Å²) in [6.07, 6.45) is 2.38. The van der Waals surface area contributed by atoms with Crippen LogP contribution in [0.1, 0.15) is 29.5 Å². The number of rotatable bonds is 4. The molecule has 0 aliphatic carbocycles. The zero-order valence-electron chi connectivity index (χ0n) is 14.3. The summed E-state index contributed by atoms with van der Waals surface area (Å²) < 4.78 is 0. The molecule has 0 saturated carbocycles. The van der Waals surface area contributed by atoms with E-state index >= 15 is 0 Å². The highest BCUT2D eigenvalue weighted by Crippen LogP contribution is 2.46. The first kappa shape index (κ1) is 15.9. The molecule has 0 bridgehead atoms. The number of aromatic hydroxyl groups is 1. The molecule has 0 aromatic heterocycles. The molecule has 2 nitrogen and oxygen atoms in total. The molecule has 3 aromatic carbocycles. The Morgan fingerprint density at radius 3 is 1.64 bits per heavy atom. The lowest BCUT2D eigenvalue weighted by atomic mass is 9.75. The fourth-order valence-corrected chi connectivity index (χ4v) is 4.20. The third kappa shape index (κ3) is 2.63. The highest BCUT2D eigenvalue weighted by atomic mass is 16.3. The minimum absolute atomic E-state index is 0.349. The SMILES string of the molecule is Oc1ccccc1C(c1ccccc1)(c1ccccc1)N1CCCC1. The summed E-state index contributed by atoms with van der Waals surface area (Å²) in [6, 6.07) is 28.9. The lowest BCUT2D eigenvalue weighted by Gasteiger charge is -2.44. The molecule has 0 unspecified atom stereocenters. The number of benzene rings is 3. The van der Waals surface area contributed by atoms with Crippen LogP contribution in [0.25, 0.3) is 0 Å². The van der Waals surface area contributed by atoms with Crippen LogP contribution in [0.5, 0.6) is 5.75 Å². The number of hydrogen-bond donors (Lipinski definition) is 1. The lowest BCUT2D eigenvalue weighted by Crippen LogP contribution is -2.46. The van der Waals surface area contributed by atoms with Crippen molar-refractivity contribution in [1.29, 1.82) is 0 Å². The van der Waals surface area contributed by atoms with Gasteiger partial charge in [0.15, 0.2) is 0 Å². The van der Waals surface area contributed by atoms with Crippen molar-refractivity contribution in [2.45, 2.75) is 18.4 Å². The van der Waals surface area contributed by atoms with Crippen LogP contribution in [0, 0.1) is 0 Å². The summed E-state index contributed by atoms with van der Waals surface area (Å²) >= 11 is 0. The number of phenols is 1. The number of nitrogens with zero attached hydrogens (tertiary/aromatic N) is 1. The van der Waals surface area contributed by atoms with E-state index in [1.165, 1.54) is 24.0 Å². The van der Waals surface area contributed by atoms with Crippen molar-refractivity contribution in [3.8, 4) is 5.75 Å².